The fourth-order valence-electron chi connectivity index (χ4n) is 0. The Labute approximate surface area is 104 Å². The first-order valence-corrected chi connectivity index (χ1v) is 6.59. The molecule has 0 aliphatic rings. The van der Waals surface area contributed by atoms with Crippen LogP contribution in [0, 0.1) is 0 Å². The van der Waals surface area contributed by atoms with Gasteiger partial charge < -0.3 is 14.7 Å². The van der Waals surface area contributed by atoms with Crippen molar-refractivity contribution in [1.29, 1.82) is 0 Å². The summed E-state index contributed by atoms with van der Waals surface area (Å²) in [6, 6.07) is 0. The van der Waals surface area contributed by atoms with Gasteiger partial charge in [-0.25, -0.2) is 4.57 Å². The van der Waals surface area contributed by atoms with Gasteiger partial charge in [-0.3, -0.25) is 13.8 Å². The summed E-state index contributed by atoms with van der Waals surface area (Å²) < 4.78 is 18.3. The number of aldehydes is 2. The maximum atomic E-state index is 8.88. The van der Waals surface area contributed by atoms with Crippen molar-refractivity contribution in [2.45, 2.75) is 10.6 Å². The summed E-state index contributed by atoms with van der Waals surface area (Å²) in [7, 11) is -4.64. The van der Waals surface area contributed by atoms with Crippen molar-refractivity contribution in [3.8, 4) is 0 Å². The fourth-order valence-corrected chi connectivity index (χ4v) is 0. The summed E-state index contributed by atoms with van der Waals surface area (Å²) in [6.07, 6.45) is 0.389. The van der Waals surface area contributed by atoms with Gasteiger partial charge in [0.05, 0.1) is 0 Å². The molecule has 0 bridgehead atoms. The molecule has 0 amide bonds. The summed E-state index contributed by atoms with van der Waals surface area (Å²) in [4.78, 5) is 39.2. The second-order valence-electron chi connectivity index (χ2n) is 1.49. The van der Waals surface area contributed by atoms with Gasteiger partial charge in [0.25, 0.3) is 0 Å². The molecule has 0 atom stereocenters. The third-order valence-corrected chi connectivity index (χ3v) is 0.0556. The molecule has 0 unspecified atom stereocenters. The van der Waals surface area contributed by atoms with Gasteiger partial charge in [0.2, 0.25) is 0 Å². The van der Waals surface area contributed by atoms with Crippen molar-refractivity contribution in [3.05, 3.63) is 0 Å². The smallest absolute Gasteiger partial charge is 0.303 e. The van der Waals surface area contributed by atoms with E-state index in [1.807, 2.05) is 0 Å². The van der Waals surface area contributed by atoms with Crippen molar-refractivity contribution in [3.63, 3.8) is 0 Å². The molecule has 14 heavy (non-hydrogen) atoms. The molecule has 0 aromatic carbocycles. The van der Waals surface area contributed by atoms with Gasteiger partial charge >= 0.3 is 46.3 Å². The van der Waals surface area contributed by atoms with E-state index >= 15 is 0 Å². The monoisotopic (exact) mass is 258 g/mol. The molecule has 0 aromatic heterocycles. The fraction of sp³-hybridized carbons (Fsp3) is 0.500. The molecule has 0 aliphatic carbocycles. The van der Waals surface area contributed by atoms with Gasteiger partial charge in [0.15, 0.2) is 12.6 Å². The Kier molecular flexibility index (Phi) is 40.2. The summed E-state index contributed by atoms with van der Waals surface area (Å²) in [5.74, 6) is 0. The van der Waals surface area contributed by atoms with Crippen molar-refractivity contribution in [2.75, 3.05) is 0 Å². The second-order valence-corrected chi connectivity index (χ2v) is 3.93. The van der Waals surface area contributed by atoms with Crippen LogP contribution in [0.1, 0.15) is 6.92 Å². The van der Waals surface area contributed by atoms with E-state index in [1.165, 1.54) is 31.6 Å². The molecular formula is C4H12NaO7PS. The van der Waals surface area contributed by atoms with Gasteiger partial charge in [-0.15, -0.1) is 0 Å². The average molecular weight is 258 g/mol. The summed E-state index contributed by atoms with van der Waals surface area (Å²) in [5, 5.41) is 0. The number of hydrogen-bond donors (Lipinski definition) is 3. The Morgan fingerprint density at radius 2 is 1.29 bits per heavy atom. The minimum Gasteiger partial charge on any atom is -0.303 e. The van der Waals surface area contributed by atoms with Gasteiger partial charge in [-0.2, -0.15) is 0 Å². The summed E-state index contributed by atoms with van der Waals surface area (Å²) in [5.41, 5.74) is 0. The quantitative estimate of drug-likeness (QED) is 0.218. The normalized spacial score (nSPS) is 7.36. The van der Waals surface area contributed by atoms with Gasteiger partial charge in [0, 0.05) is 0 Å². The van der Waals surface area contributed by atoms with E-state index in [-0.39, 0.29) is 12.6 Å². The van der Waals surface area contributed by atoms with Crippen LogP contribution < -0.4 is 0 Å². The molecule has 0 heterocycles. The molecular weight excluding hydrogens is 246 g/mol. The van der Waals surface area contributed by atoms with Crippen LogP contribution in [0.15, 0.2) is 0 Å². The molecule has 0 rings (SSSR count). The number of phosphoric acid groups is 1. The van der Waals surface area contributed by atoms with Gasteiger partial charge in [-0.1, -0.05) is 0 Å². The predicted molar refractivity (Wildman–Crippen MR) is 53.6 cm³/mol. The Hall–Kier alpha value is 0.600. The van der Waals surface area contributed by atoms with E-state index < -0.39 is 7.82 Å². The van der Waals surface area contributed by atoms with Crippen LogP contribution in [0.25, 0.3) is 0 Å². The number of rotatable bonds is 1. The first-order valence-electron chi connectivity index (χ1n) is 3.21. The number of carbonyl (C=O) groups excluding carboxylic acids is 2. The van der Waals surface area contributed by atoms with E-state index in [4.69, 9.17) is 33.0 Å². The number of hydrogen-bond acceptors (Lipinski definition) is 4. The van der Waals surface area contributed by atoms with Crippen LogP contribution in [0.2, 0.25) is 3.67 Å². The van der Waals surface area contributed by atoms with E-state index in [0.29, 0.717) is 0 Å². The van der Waals surface area contributed by atoms with Gasteiger partial charge in [-0.05, 0) is 12.5 Å². The molecule has 3 N–H and O–H groups in total. The molecule has 0 radical (unpaired) electrons. The van der Waals surface area contributed by atoms with Crippen LogP contribution in [-0.4, -0.2) is 59.4 Å². The first-order chi connectivity index (χ1) is 6.33. The Morgan fingerprint density at radius 3 is 1.29 bits per heavy atom. The van der Waals surface area contributed by atoms with E-state index in [9.17, 15) is 0 Å². The molecule has 82 valence electrons. The first kappa shape index (κ1) is 24.0. The molecule has 7 nitrogen and oxygen atoms in total. The SMILES string of the molecule is C[CH2][Na].O=CC=O.O=P(O)(O)O.O=[SH2]. The maximum Gasteiger partial charge on any atom is 0.466 e. The summed E-state index contributed by atoms with van der Waals surface area (Å²) in [6.45, 7) is 2.19. The maximum absolute atomic E-state index is 8.88. The Balaban J connectivity index is -0.0000000505. The minimum atomic E-state index is -4.64. The van der Waals surface area contributed by atoms with Crippen LogP contribution in [-0.2, 0) is 26.7 Å². The Bertz CT molecular complexity index is 146. The van der Waals surface area contributed by atoms with Crippen LogP contribution >= 0.6 is 7.82 Å². The van der Waals surface area contributed by atoms with Crippen molar-refractivity contribution in [2.24, 2.45) is 0 Å². The van der Waals surface area contributed by atoms with Crippen LogP contribution in [0.5, 0.6) is 0 Å². The standard InChI is InChI=1S/C2H2O2.C2H5.Na.H3O4P.H2OS/c3-1-2-4;1-2;;1-5(2,3)4;1-2/h1-2H;1H2,2H3;;(H3,1,2,3,4);2H2. The van der Waals surface area contributed by atoms with Crippen molar-refractivity contribution < 1.29 is 33.0 Å². The van der Waals surface area contributed by atoms with Crippen LogP contribution in [0.4, 0.5) is 0 Å². The zero-order chi connectivity index (χ0) is 12.6. The van der Waals surface area contributed by atoms with Gasteiger partial charge in [0.1, 0.15) is 0 Å². The predicted octanol–water partition coefficient (Wildman–Crippen LogP) is -1.82. The van der Waals surface area contributed by atoms with Crippen LogP contribution in [0.3, 0.4) is 0 Å². The van der Waals surface area contributed by atoms with E-state index in [1.54, 1.807) is 12.5 Å². The molecule has 0 spiro atoms. The second kappa shape index (κ2) is 23.4. The minimum absolute atomic E-state index is 0.194. The van der Waals surface area contributed by atoms with E-state index in [0.717, 1.165) is 0 Å². The molecule has 0 aromatic rings. The third-order valence-electron chi connectivity index (χ3n) is 0.0556. The molecule has 0 saturated heterocycles. The largest absolute Gasteiger partial charge is 0.466 e. The Morgan fingerprint density at radius 1 is 1.21 bits per heavy atom. The number of carbonyl (C=O) groups is 2. The topological polar surface area (TPSA) is 129 Å². The zero-order valence-electron chi connectivity index (χ0n) is 7.78. The molecule has 10 heteroatoms. The third kappa shape index (κ3) is 662. The van der Waals surface area contributed by atoms with E-state index in [2.05, 4.69) is 6.92 Å². The molecule has 0 aliphatic heterocycles. The average Bonchev–Trinajstić information content (AvgIpc) is 2.06. The van der Waals surface area contributed by atoms with Crippen molar-refractivity contribution in [1.82, 2.24) is 0 Å². The zero-order valence-corrected chi connectivity index (χ0v) is 11.7. The molecule has 0 saturated carbocycles. The molecule has 0 fully saturated rings. The van der Waals surface area contributed by atoms with Crippen molar-refractivity contribution >= 4 is 60.9 Å². The summed E-state index contributed by atoms with van der Waals surface area (Å²) >= 11 is 3.09.